The second-order valence-corrected chi connectivity index (χ2v) is 5.58. The van der Waals surface area contributed by atoms with E-state index >= 15 is 0 Å². The van der Waals surface area contributed by atoms with Crippen molar-refractivity contribution in [3.63, 3.8) is 0 Å². The molecule has 0 aliphatic rings. The van der Waals surface area contributed by atoms with E-state index in [0.717, 1.165) is 30.0 Å². The van der Waals surface area contributed by atoms with E-state index in [2.05, 4.69) is 56.4 Å². The van der Waals surface area contributed by atoms with E-state index in [1.807, 2.05) is 0 Å². The molecule has 102 valence electrons. The summed E-state index contributed by atoms with van der Waals surface area (Å²) in [6, 6.07) is 6.44. The van der Waals surface area contributed by atoms with E-state index in [-0.39, 0.29) is 0 Å². The lowest BCUT2D eigenvalue weighted by atomic mass is 10.0. The molecule has 0 spiro atoms. The van der Waals surface area contributed by atoms with Gasteiger partial charge in [-0.3, -0.25) is 0 Å². The van der Waals surface area contributed by atoms with Crippen LogP contribution in [-0.4, -0.2) is 11.7 Å². The summed E-state index contributed by atoms with van der Waals surface area (Å²) in [4.78, 5) is 0. The van der Waals surface area contributed by atoms with Crippen molar-refractivity contribution in [3.05, 3.63) is 41.1 Å². The third-order valence-corrected chi connectivity index (χ3v) is 3.00. The molecule has 19 heavy (non-hydrogen) atoms. The van der Waals surface area contributed by atoms with Gasteiger partial charge in [0.05, 0.1) is 6.20 Å². The Morgan fingerprint density at radius 3 is 2.47 bits per heavy atom. The lowest BCUT2D eigenvalue weighted by Gasteiger charge is -2.07. The van der Waals surface area contributed by atoms with Crippen molar-refractivity contribution in [1.82, 2.24) is 10.5 Å². The number of hydrogen-bond acceptors (Lipinski definition) is 3. The Morgan fingerprint density at radius 1 is 1.16 bits per heavy atom. The Balaban J connectivity index is 2.18. The molecule has 0 saturated heterocycles. The molecule has 0 aliphatic heterocycles. The largest absolute Gasteiger partial charge is 0.356 e. The van der Waals surface area contributed by atoms with E-state index in [1.54, 1.807) is 6.20 Å². The minimum atomic E-state index is 0.643. The Kier molecular flexibility index (Phi) is 4.38. The molecule has 2 aromatic rings. The number of benzene rings is 1. The van der Waals surface area contributed by atoms with Crippen molar-refractivity contribution in [1.29, 1.82) is 0 Å². The average Bonchev–Trinajstić information content (AvgIpc) is 2.75. The molecule has 0 amide bonds. The molecule has 1 N–H and O–H groups in total. The van der Waals surface area contributed by atoms with Crippen LogP contribution in [0.2, 0.25) is 0 Å². The number of aromatic nitrogens is 1. The highest BCUT2D eigenvalue weighted by Crippen LogP contribution is 2.25. The summed E-state index contributed by atoms with van der Waals surface area (Å²) < 4.78 is 5.43. The van der Waals surface area contributed by atoms with Crippen LogP contribution in [0.1, 0.15) is 30.5 Å². The number of nitrogens with zero attached hydrogens (tertiary/aromatic N) is 1. The molecular weight excluding hydrogens is 236 g/mol. The number of rotatable bonds is 5. The molecule has 1 aromatic heterocycles. The summed E-state index contributed by atoms with van der Waals surface area (Å²) in [5, 5.41) is 7.37. The van der Waals surface area contributed by atoms with Crippen LogP contribution in [0.3, 0.4) is 0 Å². The van der Waals surface area contributed by atoms with E-state index in [4.69, 9.17) is 4.52 Å². The van der Waals surface area contributed by atoms with Crippen LogP contribution < -0.4 is 5.32 Å². The van der Waals surface area contributed by atoms with Crippen LogP contribution in [0.15, 0.2) is 28.9 Å². The van der Waals surface area contributed by atoms with E-state index in [1.165, 1.54) is 11.1 Å². The maximum Gasteiger partial charge on any atom is 0.171 e. The van der Waals surface area contributed by atoms with Gasteiger partial charge in [0.15, 0.2) is 5.76 Å². The first kappa shape index (κ1) is 13.8. The number of hydrogen-bond donors (Lipinski definition) is 1. The molecule has 2 rings (SSSR count). The molecule has 0 aliphatic carbocycles. The summed E-state index contributed by atoms with van der Waals surface area (Å²) in [5.41, 5.74) is 4.71. The Morgan fingerprint density at radius 2 is 1.84 bits per heavy atom. The van der Waals surface area contributed by atoms with E-state index < -0.39 is 0 Å². The predicted molar refractivity (Wildman–Crippen MR) is 78.0 cm³/mol. The quantitative estimate of drug-likeness (QED) is 0.888. The highest BCUT2D eigenvalue weighted by molar-refractivity contribution is 5.62. The van der Waals surface area contributed by atoms with Crippen LogP contribution >= 0.6 is 0 Å². The molecule has 1 aromatic carbocycles. The van der Waals surface area contributed by atoms with E-state index in [0.29, 0.717) is 5.92 Å². The second-order valence-electron chi connectivity index (χ2n) is 5.58. The van der Waals surface area contributed by atoms with Crippen molar-refractivity contribution in [2.75, 3.05) is 6.54 Å². The monoisotopic (exact) mass is 258 g/mol. The average molecular weight is 258 g/mol. The smallest absolute Gasteiger partial charge is 0.171 e. The molecular formula is C16H22N2O. The number of aryl methyl sites for hydroxylation is 2. The van der Waals surface area contributed by atoms with Crippen LogP contribution in [0.25, 0.3) is 11.3 Å². The van der Waals surface area contributed by atoms with Crippen LogP contribution in [0.5, 0.6) is 0 Å². The zero-order valence-electron chi connectivity index (χ0n) is 12.2. The summed E-state index contributed by atoms with van der Waals surface area (Å²) in [7, 11) is 0. The van der Waals surface area contributed by atoms with Crippen molar-refractivity contribution in [2.24, 2.45) is 5.92 Å². The van der Waals surface area contributed by atoms with Gasteiger partial charge in [0.2, 0.25) is 0 Å². The Bertz CT molecular complexity index is 523. The van der Waals surface area contributed by atoms with Crippen LogP contribution in [0.4, 0.5) is 0 Å². The molecule has 0 bridgehead atoms. The van der Waals surface area contributed by atoms with Gasteiger partial charge in [0, 0.05) is 17.7 Å². The standard InChI is InChI=1S/C16H22N2O/c1-11(2)8-17-9-15-10-18-19-16(15)14-6-12(3)5-13(4)7-14/h5-7,10-11,17H,8-9H2,1-4H3. The van der Waals surface area contributed by atoms with Gasteiger partial charge in [0.1, 0.15) is 0 Å². The zero-order valence-corrected chi connectivity index (χ0v) is 12.2. The van der Waals surface area contributed by atoms with Crippen molar-refractivity contribution >= 4 is 0 Å². The van der Waals surface area contributed by atoms with Gasteiger partial charge in [0.25, 0.3) is 0 Å². The van der Waals surface area contributed by atoms with Gasteiger partial charge in [-0.15, -0.1) is 0 Å². The van der Waals surface area contributed by atoms with Crippen molar-refractivity contribution < 1.29 is 4.52 Å². The summed E-state index contributed by atoms with van der Waals surface area (Å²) in [5.74, 6) is 1.52. The first-order chi connectivity index (χ1) is 9.06. The maximum absolute atomic E-state index is 5.43. The maximum atomic E-state index is 5.43. The molecule has 0 unspecified atom stereocenters. The lowest BCUT2D eigenvalue weighted by Crippen LogP contribution is -2.18. The summed E-state index contributed by atoms with van der Waals surface area (Å²) in [6.45, 7) is 10.4. The first-order valence-corrected chi connectivity index (χ1v) is 6.79. The molecule has 0 fully saturated rings. The number of nitrogens with one attached hydrogen (secondary N) is 1. The topological polar surface area (TPSA) is 38.1 Å². The highest BCUT2D eigenvalue weighted by Gasteiger charge is 2.11. The summed E-state index contributed by atoms with van der Waals surface area (Å²) >= 11 is 0. The Labute approximate surface area is 115 Å². The van der Waals surface area contributed by atoms with Gasteiger partial charge < -0.3 is 9.84 Å². The molecule has 0 radical (unpaired) electrons. The van der Waals surface area contributed by atoms with Gasteiger partial charge in [-0.25, -0.2) is 0 Å². The van der Waals surface area contributed by atoms with Gasteiger partial charge >= 0.3 is 0 Å². The van der Waals surface area contributed by atoms with Crippen molar-refractivity contribution in [3.8, 4) is 11.3 Å². The first-order valence-electron chi connectivity index (χ1n) is 6.79. The third kappa shape index (κ3) is 3.67. The molecule has 0 saturated carbocycles. The third-order valence-electron chi connectivity index (χ3n) is 3.00. The minimum Gasteiger partial charge on any atom is -0.356 e. The van der Waals surface area contributed by atoms with Crippen LogP contribution in [-0.2, 0) is 6.54 Å². The molecule has 3 heteroatoms. The molecule has 3 nitrogen and oxygen atoms in total. The SMILES string of the molecule is Cc1cc(C)cc(-c2oncc2CNCC(C)C)c1. The Hall–Kier alpha value is -1.61. The molecule has 0 atom stereocenters. The predicted octanol–water partition coefficient (Wildman–Crippen LogP) is 3.70. The molecule has 1 heterocycles. The fraction of sp³-hybridized carbons (Fsp3) is 0.438. The van der Waals surface area contributed by atoms with Gasteiger partial charge in [-0.05, 0) is 38.4 Å². The van der Waals surface area contributed by atoms with Crippen molar-refractivity contribution in [2.45, 2.75) is 34.2 Å². The lowest BCUT2D eigenvalue weighted by molar-refractivity contribution is 0.431. The second kappa shape index (κ2) is 6.02. The fourth-order valence-electron chi connectivity index (χ4n) is 2.23. The normalized spacial score (nSPS) is 11.2. The van der Waals surface area contributed by atoms with Gasteiger partial charge in [-0.2, -0.15) is 0 Å². The van der Waals surface area contributed by atoms with Crippen LogP contribution in [0, 0.1) is 19.8 Å². The minimum absolute atomic E-state index is 0.643. The van der Waals surface area contributed by atoms with Gasteiger partial charge in [-0.1, -0.05) is 36.2 Å². The zero-order chi connectivity index (χ0) is 13.8. The summed E-state index contributed by atoms with van der Waals surface area (Å²) in [6.07, 6.45) is 1.81. The van der Waals surface area contributed by atoms with E-state index in [9.17, 15) is 0 Å². The fourth-order valence-corrected chi connectivity index (χ4v) is 2.23. The highest BCUT2D eigenvalue weighted by atomic mass is 16.5.